The van der Waals surface area contributed by atoms with E-state index in [2.05, 4.69) is 5.32 Å². The van der Waals surface area contributed by atoms with Crippen molar-refractivity contribution in [1.29, 1.82) is 0 Å². The minimum atomic E-state index is -0.618. The largest absolute Gasteiger partial charge is 0.508 e. The third kappa shape index (κ3) is 4.00. The van der Waals surface area contributed by atoms with E-state index < -0.39 is 6.10 Å². The number of hydrogen-bond acceptors (Lipinski definition) is 4. The zero-order chi connectivity index (χ0) is 12.8. The number of hydrogen-bond donors (Lipinski definition) is 4. The average Bonchev–Trinajstić information content (AvgIpc) is 2.32. The van der Waals surface area contributed by atoms with Gasteiger partial charge in [-0.05, 0) is 50.1 Å². The van der Waals surface area contributed by atoms with Crippen molar-refractivity contribution in [2.75, 3.05) is 13.2 Å². The van der Waals surface area contributed by atoms with Crippen molar-refractivity contribution >= 4 is 0 Å². The molecule has 0 saturated carbocycles. The van der Waals surface area contributed by atoms with Crippen molar-refractivity contribution in [2.24, 2.45) is 0 Å². The Labute approximate surface area is 102 Å². The number of aromatic hydroxyl groups is 1. The van der Waals surface area contributed by atoms with E-state index in [9.17, 15) is 10.2 Å². The van der Waals surface area contributed by atoms with Crippen LogP contribution in [0.4, 0.5) is 0 Å². The van der Waals surface area contributed by atoms with Gasteiger partial charge in [0, 0.05) is 12.6 Å². The highest BCUT2D eigenvalue weighted by atomic mass is 16.3. The third-order valence-electron chi connectivity index (χ3n) is 2.84. The van der Waals surface area contributed by atoms with Crippen LogP contribution >= 0.6 is 0 Å². The summed E-state index contributed by atoms with van der Waals surface area (Å²) in [5.41, 5.74) is 1.54. The molecule has 0 spiro atoms. The molecule has 0 fully saturated rings. The highest BCUT2D eigenvalue weighted by molar-refractivity contribution is 5.36. The van der Waals surface area contributed by atoms with Crippen LogP contribution in [-0.2, 0) is 0 Å². The molecule has 0 amide bonds. The van der Waals surface area contributed by atoms with Crippen molar-refractivity contribution < 1.29 is 15.3 Å². The molecule has 17 heavy (non-hydrogen) atoms. The van der Waals surface area contributed by atoms with E-state index in [-0.39, 0.29) is 18.4 Å². The fourth-order valence-corrected chi connectivity index (χ4v) is 1.67. The molecule has 2 atom stereocenters. The number of aliphatic hydroxyl groups excluding tert-OH is 2. The van der Waals surface area contributed by atoms with Crippen molar-refractivity contribution in [3.63, 3.8) is 0 Å². The summed E-state index contributed by atoms with van der Waals surface area (Å²) in [4.78, 5) is 0. The lowest BCUT2D eigenvalue weighted by atomic mass is 10.0. The van der Waals surface area contributed by atoms with Gasteiger partial charge in [-0.1, -0.05) is 6.07 Å². The number of phenolic OH excluding ortho intramolecular Hbond substituents is 1. The summed E-state index contributed by atoms with van der Waals surface area (Å²) in [6.45, 7) is 4.51. The van der Waals surface area contributed by atoms with Gasteiger partial charge in [0.05, 0.1) is 6.10 Å². The second kappa shape index (κ2) is 6.59. The first-order chi connectivity index (χ1) is 8.06. The Morgan fingerprint density at radius 1 is 1.35 bits per heavy atom. The number of phenols is 1. The van der Waals surface area contributed by atoms with Crippen LogP contribution < -0.4 is 5.32 Å². The number of nitrogens with one attached hydrogen (secondary N) is 1. The third-order valence-corrected chi connectivity index (χ3v) is 2.84. The van der Waals surface area contributed by atoms with Gasteiger partial charge in [-0.3, -0.25) is 0 Å². The predicted molar refractivity (Wildman–Crippen MR) is 67.0 cm³/mol. The molecule has 4 heteroatoms. The molecule has 2 unspecified atom stereocenters. The normalized spacial score (nSPS) is 14.6. The van der Waals surface area contributed by atoms with Gasteiger partial charge in [0.15, 0.2) is 0 Å². The van der Waals surface area contributed by atoms with E-state index in [0.717, 1.165) is 11.1 Å². The Hall–Kier alpha value is -1.10. The molecule has 0 saturated heterocycles. The van der Waals surface area contributed by atoms with Crippen LogP contribution in [0.5, 0.6) is 5.75 Å². The van der Waals surface area contributed by atoms with E-state index in [1.54, 1.807) is 25.1 Å². The standard InChI is InChI=1S/C13H21NO3/c1-9-8-11(4-5-12(9)16)13(17)10(2)14-6-3-7-15/h4-5,8,10,13-17H,3,6-7H2,1-2H3. The maximum Gasteiger partial charge on any atom is 0.118 e. The molecule has 96 valence electrons. The highest BCUT2D eigenvalue weighted by Crippen LogP contribution is 2.23. The van der Waals surface area contributed by atoms with E-state index >= 15 is 0 Å². The number of rotatable bonds is 6. The summed E-state index contributed by atoms with van der Waals surface area (Å²) in [6, 6.07) is 5.00. The van der Waals surface area contributed by atoms with Gasteiger partial charge in [0.25, 0.3) is 0 Å². The van der Waals surface area contributed by atoms with E-state index in [1.807, 2.05) is 6.92 Å². The van der Waals surface area contributed by atoms with Crippen LogP contribution in [0.25, 0.3) is 0 Å². The summed E-state index contributed by atoms with van der Waals surface area (Å²) >= 11 is 0. The molecule has 0 radical (unpaired) electrons. The first kappa shape index (κ1) is 14.0. The lowest BCUT2D eigenvalue weighted by Crippen LogP contribution is -2.33. The summed E-state index contributed by atoms with van der Waals surface area (Å²) in [6.07, 6.45) is 0.0547. The van der Waals surface area contributed by atoms with E-state index in [1.165, 1.54) is 0 Å². The molecule has 4 N–H and O–H groups in total. The van der Waals surface area contributed by atoms with Crippen molar-refractivity contribution in [3.8, 4) is 5.75 Å². The molecule has 0 heterocycles. The molecular weight excluding hydrogens is 218 g/mol. The predicted octanol–water partition coefficient (Wildman–Crippen LogP) is 1.09. The Balaban J connectivity index is 2.61. The smallest absolute Gasteiger partial charge is 0.118 e. The second-order valence-corrected chi connectivity index (χ2v) is 4.31. The minimum absolute atomic E-state index is 0.0921. The summed E-state index contributed by atoms with van der Waals surface area (Å²) in [5.74, 6) is 0.238. The van der Waals surface area contributed by atoms with Gasteiger partial charge in [-0.25, -0.2) is 0 Å². The van der Waals surface area contributed by atoms with Crippen molar-refractivity contribution in [2.45, 2.75) is 32.4 Å². The second-order valence-electron chi connectivity index (χ2n) is 4.31. The van der Waals surface area contributed by atoms with E-state index in [4.69, 9.17) is 5.11 Å². The van der Waals surface area contributed by atoms with Crippen LogP contribution in [0, 0.1) is 6.92 Å². The topological polar surface area (TPSA) is 72.7 Å². The SMILES string of the molecule is Cc1cc(C(O)C(C)NCCCO)ccc1O. The number of aliphatic hydroxyl groups is 2. The van der Waals surface area contributed by atoms with Crippen molar-refractivity contribution in [3.05, 3.63) is 29.3 Å². The first-order valence-electron chi connectivity index (χ1n) is 5.88. The molecule has 0 aliphatic heterocycles. The molecular formula is C13H21NO3. The van der Waals surface area contributed by atoms with Crippen LogP contribution in [0.1, 0.15) is 30.6 Å². The monoisotopic (exact) mass is 239 g/mol. The molecule has 0 bridgehead atoms. The molecule has 1 aromatic rings. The zero-order valence-corrected chi connectivity index (χ0v) is 10.3. The maximum atomic E-state index is 10.1. The highest BCUT2D eigenvalue weighted by Gasteiger charge is 2.16. The van der Waals surface area contributed by atoms with Gasteiger partial charge < -0.3 is 20.6 Å². The van der Waals surface area contributed by atoms with Gasteiger partial charge in [0.1, 0.15) is 5.75 Å². The van der Waals surface area contributed by atoms with Crippen LogP contribution in [0.15, 0.2) is 18.2 Å². The molecule has 0 aromatic heterocycles. The molecule has 0 aliphatic rings. The van der Waals surface area contributed by atoms with Gasteiger partial charge >= 0.3 is 0 Å². The zero-order valence-electron chi connectivity index (χ0n) is 10.3. The molecule has 4 nitrogen and oxygen atoms in total. The lowest BCUT2D eigenvalue weighted by molar-refractivity contribution is 0.134. The maximum absolute atomic E-state index is 10.1. The average molecular weight is 239 g/mol. The Morgan fingerprint density at radius 3 is 2.65 bits per heavy atom. The fraction of sp³-hybridized carbons (Fsp3) is 0.538. The van der Waals surface area contributed by atoms with E-state index in [0.29, 0.717) is 13.0 Å². The molecule has 0 aliphatic carbocycles. The summed E-state index contributed by atoms with van der Waals surface area (Å²) in [7, 11) is 0. The Kier molecular flexibility index (Phi) is 5.41. The number of benzene rings is 1. The quantitative estimate of drug-likeness (QED) is 0.561. The Morgan fingerprint density at radius 2 is 2.06 bits per heavy atom. The molecule has 1 aromatic carbocycles. The Bertz CT molecular complexity index is 355. The fourth-order valence-electron chi connectivity index (χ4n) is 1.67. The van der Waals surface area contributed by atoms with Gasteiger partial charge in [-0.15, -0.1) is 0 Å². The first-order valence-corrected chi connectivity index (χ1v) is 5.88. The van der Waals surface area contributed by atoms with Crippen LogP contribution in [0.2, 0.25) is 0 Å². The molecule has 1 rings (SSSR count). The summed E-state index contributed by atoms with van der Waals surface area (Å²) < 4.78 is 0. The van der Waals surface area contributed by atoms with Crippen LogP contribution in [0.3, 0.4) is 0 Å². The minimum Gasteiger partial charge on any atom is -0.508 e. The van der Waals surface area contributed by atoms with Gasteiger partial charge in [0.2, 0.25) is 0 Å². The lowest BCUT2D eigenvalue weighted by Gasteiger charge is -2.21. The van der Waals surface area contributed by atoms with Gasteiger partial charge in [-0.2, -0.15) is 0 Å². The summed E-state index contributed by atoms with van der Waals surface area (Å²) in [5, 5.41) is 31.3. The van der Waals surface area contributed by atoms with Crippen molar-refractivity contribution in [1.82, 2.24) is 5.32 Å². The van der Waals surface area contributed by atoms with Crippen LogP contribution in [-0.4, -0.2) is 34.5 Å². The number of aryl methyl sites for hydroxylation is 1.